The number of sulfonamides is 1. The van der Waals surface area contributed by atoms with Gasteiger partial charge in [0.1, 0.15) is 13.2 Å². The van der Waals surface area contributed by atoms with E-state index in [0.717, 1.165) is 17.1 Å². The molecule has 0 bridgehead atoms. The normalized spacial score (nSPS) is 21.2. The van der Waals surface area contributed by atoms with E-state index in [-0.39, 0.29) is 23.0 Å². The molecule has 1 amide bonds. The number of nitrogens with one attached hydrogen (secondary N) is 1. The van der Waals surface area contributed by atoms with E-state index in [1.807, 2.05) is 32.0 Å². The van der Waals surface area contributed by atoms with Gasteiger partial charge < -0.3 is 19.5 Å². The summed E-state index contributed by atoms with van der Waals surface area (Å²) in [5.74, 6) is 1.21. The molecular formula is C23H28N2O6S. The van der Waals surface area contributed by atoms with Crippen LogP contribution in [0.15, 0.2) is 47.4 Å². The first-order valence-corrected chi connectivity index (χ1v) is 12.2. The van der Waals surface area contributed by atoms with Crippen molar-refractivity contribution in [2.75, 3.05) is 32.8 Å². The number of amides is 1. The molecule has 2 heterocycles. The SMILES string of the molecule is C[C@H]1CN(S(=O)(=O)c2ccc(C(=O)NCCc3ccc4c(c3)OCCO4)cc2)C[C@H](C)O1. The molecule has 0 saturated carbocycles. The van der Waals surface area contributed by atoms with E-state index in [0.29, 0.717) is 44.8 Å². The van der Waals surface area contributed by atoms with Gasteiger partial charge in [-0.2, -0.15) is 4.31 Å². The molecule has 172 valence electrons. The van der Waals surface area contributed by atoms with E-state index < -0.39 is 10.0 Å². The van der Waals surface area contributed by atoms with Crippen molar-refractivity contribution in [3.8, 4) is 11.5 Å². The van der Waals surface area contributed by atoms with Crippen LogP contribution in [0.4, 0.5) is 0 Å². The van der Waals surface area contributed by atoms with Crippen LogP contribution in [-0.2, 0) is 21.2 Å². The Bertz CT molecular complexity index is 1060. The van der Waals surface area contributed by atoms with Crippen molar-refractivity contribution < 1.29 is 27.4 Å². The van der Waals surface area contributed by atoms with Crippen molar-refractivity contribution in [3.63, 3.8) is 0 Å². The van der Waals surface area contributed by atoms with E-state index in [1.54, 1.807) is 12.1 Å². The van der Waals surface area contributed by atoms with Gasteiger partial charge in [0.15, 0.2) is 11.5 Å². The Balaban J connectivity index is 1.34. The lowest BCUT2D eigenvalue weighted by molar-refractivity contribution is -0.0440. The van der Waals surface area contributed by atoms with Crippen molar-refractivity contribution in [3.05, 3.63) is 53.6 Å². The lowest BCUT2D eigenvalue weighted by atomic mass is 10.1. The maximum Gasteiger partial charge on any atom is 0.251 e. The second-order valence-corrected chi connectivity index (χ2v) is 10.0. The largest absolute Gasteiger partial charge is 0.486 e. The monoisotopic (exact) mass is 460 g/mol. The minimum absolute atomic E-state index is 0.159. The molecule has 2 aliphatic heterocycles. The fourth-order valence-corrected chi connectivity index (χ4v) is 5.51. The number of fused-ring (bicyclic) bond motifs is 1. The summed E-state index contributed by atoms with van der Waals surface area (Å²) in [6, 6.07) is 11.8. The van der Waals surface area contributed by atoms with E-state index >= 15 is 0 Å². The molecule has 0 aliphatic carbocycles. The molecule has 4 rings (SSSR count). The lowest BCUT2D eigenvalue weighted by Gasteiger charge is -2.34. The third-order valence-corrected chi connectivity index (χ3v) is 7.29. The summed E-state index contributed by atoms with van der Waals surface area (Å²) in [7, 11) is -3.63. The number of ether oxygens (including phenoxy) is 3. The van der Waals surface area contributed by atoms with Crippen molar-refractivity contribution in [1.29, 1.82) is 0 Å². The van der Waals surface area contributed by atoms with Crippen LogP contribution in [0, 0.1) is 0 Å². The highest BCUT2D eigenvalue weighted by molar-refractivity contribution is 7.89. The van der Waals surface area contributed by atoms with Gasteiger partial charge in [0.05, 0.1) is 17.1 Å². The first-order valence-electron chi connectivity index (χ1n) is 10.8. The Kier molecular flexibility index (Phi) is 6.68. The summed E-state index contributed by atoms with van der Waals surface area (Å²) in [5, 5.41) is 2.87. The van der Waals surface area contributed by atoms with Crippen LogP contribution >= 0.6 is 0 Å². The minimum atomic E-state index is -3.63. The van der Waals surface area contributed by atoms with Crippen LogP contribution in [0.3, 0.4) is 0 Å². The second-order valence-electron chi connectivity index (χ2n) is 8.09. The number of carbonyl (C=O) groups is 1. The highest BCUT2D eigenvalue weighted by Gasteiger charge is 2.32. The molecule has 8 nitrogen and oxygen atoms in total. The van der Waals surface area contributed by atoms with Crippen LogP contribution < -0.4 is 14.8 Å². The summed E-state index contributed by atoms with van der Waals surface area (Å²) in [4.78, 5) is 12.7. The van der Waals surface area contributed by atoms with Crippen LogP contribution in [0.1, 0.15) is 29.8 Å². The predicted molar refractivity (Wildman–Crippen MR) is 119 cm³/mol. The van der Waals surface area contributed by atoms with Crippen molar-refractivity contribution in [2.45, 2.75) is 37.4 Å². The average Bonchev–Trinajstić information content (AvgIpc) is 2.78. The number of rotatable bonds is 6. The van der Waals surface area contributed by atoms with Crippen LogP contribution in [0.25, 0.3) is 0 Å². The maximum absolute atomic E-state index is 12.9. The molecule has 0 aromatic heterocycles. The van der Waals surface area contributed by atoms with Gasteiger partial charge in [-0.3, -0.25) is 4.79 Å². The van der Waals surface area contributed by atoms with Crippen LogP contribution in [0.5, 0.6) is 11.5 Å². The molecule has 32 heavy (non-hydrogen) atoms. The van der Waals surface area contributed by atoms with E-state index in [9.17, 15) is 13.2 Å². The van der Waals surface area contributed by atoms with Crippen molar-refractivity contribution in [2.24, 2.45) is 0 Å². The summed E-state index contributed by atoms with van der Waals surface area (Å²) in [6.45, 7) is 5.87. The lowest BCUT2D eigenvalue weighted by Crippen LogP contribution is -2.48. The van der Waals surface area contributed by atoms with Crippen molar-refractivity contribution >= 4 is 15.9 Å². The number of hydrogen-bond donors (Lipinski definition) is 1. The van der Waals surface area contributed by atoms with Crippen molar-refractivity contribution in [1.82, 2.24) is 9.62 Å². The van der Waals surface area contributed by atoms with Gasteiger partial charge in [-0.25, -0.2) is 8.42 Å². The Morgan fingerprint density at radius 3 is 2.34 bits per heavy atom. The summed E-state index contributed by atoms with van der Waals surface area (Å²) < 4.78 is 44.0. The van der Waals surface area contributed by atoms with Gasteiger partial charge in [-0.1, -0.05) is 6.07 Å². The zero-order valence-corrected chi connectivity index (χ0v) is 19.1. The number of hydrogen-bond acceptors (Lipinski definition) is 6. The van der Waals surface area contributed by atoms with E-state index in [2.05, 4.69) is 5.32 Å². The zero-order chi connectivity index (χ0) is 22.7. The van der Waals surface area contributed by atoms with Crippen LogP contribution in [0.2, 0.25) is 0 Å². The summed E-state index contributed by atoms with van der Waals surface area (Å²) in [6.07, 6.45) is 0.322. The van der Waals surface area contributed by atoms with Gasteiger partial charge in [0.25, 0.3) is 5.91 Å². The third kappa shape index (κ3) is 5.06. The fraction of sp³-hybridized carbons (Fsp3) is 0.435. The maximum atomic E-state index is 12.9. The van der Waals surface area contributed by atoms with E-state index in [1.165, 1.54) is 16.4 Å². The minimum Gasteiger partial charge on any atom is -0.486 e. The predicted octanol–water partition coefficient (Wildman–Crippen LogP) is 2.23. The summed E-state index contributed by atoms with van der Waals surface area (Å²) in [5.41, 5.74) is 1.44. The smallest absolute Gasteiger partial charge is 0.251 e. The third-order valence-electron chi connectivity index (χ3n) is 5.45. The quantitative estimate of drug-likeness (QED) is 0.711. The second kappa shape index (κ2) is 9.48. The molecule has 1 fully saturated rings. The van der Waals surface area contributed by atoms with Gasteiger partial charge in [0, 0.05) is 25.2 Å². The number of nitrogens with zero attached hydrogens (tertiary/aromatic N) is 1. The Hall–Kier alpha value is -2.62. The molecule has 2 aromatic carbocycles. The molecule has 1 saturated heterocycles. The number of carbonyl (C=O) groups excluding carboxylic acids is 1. The Morgan fingerprint density at radius 2 is 1.66 bits per heavy atom. The molecule has 9 heteroatoms. The highest BCUT2D eigenvalue weighted by Crippen LogP contribution is 2.30. The van der Waals surface area contributed by atoms with Gasteiger partial charge >= 0.3 is 0 Å². The van der Waals surface area contributed by atoms with Crippen LogP contribution in [-0.4, -0.2) is 63.7 Å². The molecule has 0 spiro atoms. The fourth-order valence-electron chi connectivity index (χ4n) is 3.92. The molecular weight excluding hydrogens is 432 g/mol. The number of morpholine rings is 1. The standard InChI is InChI=1S/C23H28N2O6S/c1-16-14-25(15-17(2)31-16)32(27,28)20-6-4-19(5-7-20)23(26)24-10-9-18-3-8-21-22(13-18)30-12-11-29-21/h3-8,13,16-17H,9-12,14-15H2,1-2H3,(H,24,26)/t16-,17-/m0/s1. The first kappa shape index (κ1) is 22.6. The average molecular weight is 461 g/mol. The first-order chi connectivity index (χ1) is 15.3. The van der Waals surface area contributed by atoms with Gasteiger partial charge in [-0.15, -0.1) is 0 Å². The van der Waals surface area contributed by atoms with E-state index in [4.69, 9.17) is 14.2 Å². The van der Waals surface area contributed by atoms with Gasteiger partial charge in [0.2, 0.25) is 10.0 Å². The molecule has 2 atom stereocenters. The molecule has 2 aromatic rings. The Morgan fingerprint density at radius 1 is 1.00 bits per heavy atom. The molecule has 0 unspecified atom stereocenters. The highest BCUT2D eigenvalue weighted by atomic mass is 32.2. The van der Waals surface area contributed by atoms with Gasteiger partial charge in [-0.05, 0) is 62.2 Å². The topological polar surface area (TPSA) is 94.2 Å². The Labute approximate surface area is 188 Å². The molecule has 2 aliphatic rings. The molecule has 0 radical (unpaired) electrons. The number of benzene rings is 2. The molecule has 1 N–H and O–H groups in total. The zero-order valence-electron chi connectivity index (χ0n) is 18.2. The summed E-state index contributed by atoms with van der Waals surface area (Å²) >= 11 is 0.